The molecule has 1 unspecified atom stereocenters. The lowest BCUT2D eigenvalue weighted by Gasteiger charge is -2.24. The molecule has 3 rings (SSSR count). The monoisotopic (exact) mass is 437 g/mol. The van der Waals surface area contributed by atoms with Gasteiger partial charge in [-0.05, 0) is 49.3 Å². The molecule has 1 saturated heterocycles. The van der Waals surface area contributed by atoms with Crippen LogP contribution in [-0.2, 0) is 18.3 Å². The van der Waals surface area contributed by atoms with Crippen LogP contribution < -0.4 is 5.32 Å². The Morgan fingerprint density at radius 1 is 1.38 bits per heavy atom. The number of benzene rings is 1. The molecule has 0 radical (unpaired) electrons. The lowest BCUT2D eigenvalue weighted by atomic mass is 10.1. The maximum absolute atomic E-state index is 12.7. The number of H-pyrrole nitrogens is 1. The second-order valence-electron chi connectivity index (χ2n) is 6.21. The van der Waals surface area contributed by atoms with Crippen molar-refractivity contribution in [1.82, 2.24) is 25.0 Å². The minimum absolute atomic E-state index is 0.107. The van der Waals surface area contributed by atoms with Crippen LogP contribution in [0.4, 0.5) is 0 Å². The maximum atomic E-state index is 12.7. The average Bonchev–Trinajstić information content (AvgIpc) is 3.24. The molecule has 0 aliphatic carbocycles. The standard InChI is InChI=1S/C17H20BrN5O2S/c1-22-14(20-21-17(22)26)8-9-19-15(24)13-3-2-10-23(13)16(25)11-4-6-12(18)7-5-11/h4-7,13H,2-3,8-10H2,1H3,(H,19,24)(H,21,26). The van der Waals surface area contributed by atoms with Gasteiger partial charge in [-0.15, -0.1) is 0 Å². The van der Waals surface area contributed by atoms with Crippen LogP contribution in [0, 0.1) is 4.77 Å². The molecule has 138 valence electrons. The Morgan fingerprint density at radius 2 is 2.12 bits per heavy atom. The molecule has 2 heterocycles. The van der Waals surface area contributed by atoms with Crippen molar-refractivity contribution in [2.24, 2.45) is 7.05 Å². The number of hydrogen-bond donors (Lipinski definition) is 2. The zero-order chi connectivity index (χ0) is 18.7. The van der Waals surface area contributed by atoms with Gasteiger partial charge in [0.05, 0.1) is 0 Å². The van der Waals surface area contributed by atoms with Gasteiger partial charge in [0.2, 0.25) is 5.91 Å². The molecular formula is C17H20BrN5O2S. The van der Waals surface area contributed by atoms with Gasteiger partial charge in [0.1, 0.15) is 11.9 Å². The SMILES string of the molecule is Cn1c(CCNC(=O)C2CCCN2C(=O)c2ccc(Br)cc2)n[nH]c1=S. The molecule has 1 aromatic heterocycles. The fraction of sp³-hybridized carbons (Fsp3) is 0.412. The third-order valence-electron chi connectivity index (χ3n) is 4.53. The maximum Gasteiger partial charge on any atom is 0.254 e. The number of aromatic nitrogens is 3. The van der Waals surface area contributed by atoms with Gasteiger partial charge in [0.25, 0.3) is 5.91 Å². The predicted octanol–water partition coefficient (Wildman–Crippen LogP) is 2.20. The smallest absolute Gasteiger partial charge is 0.254 e. The molecule has 1 fully saturated rings. The Kier molecular flexibility index (Phi) is 5.87. The number of carbonyl (C=O) groups is 2. The molecule has 26 heavy (non-hydrogen) atoms. The third-order valence-corrected chi connectivity index (χ3v) is 5.42. The highest BCUT2D eigenvalue weighted by Gasteiger charge is 2.34. The van der Waals surface area contributed by atoms with E-state index in [1.807, 2.05) is 19.2 Å². The molecule has 7 nitrogen and oxygen atoms in total. The number of carbonyl (C=O) groups excluding carboxylic acids is 2. The quantitative estimate of drug-likeness (QED) is 0.702. The summed E-state index contributed by atoms with van der Waals surface area (Å²) in [5.74, 6) is 0.555. The van der Waals surface area contributed by atoms with Crippen molar-refractivity contribution in [2.45, 2.75) is 25.3 Å². The number of rotatable bonds is 5. The Balaban J connectivity index is 1.59. The molecule has 1 atom stereocenters. The van der Waals surface area contributed by atoms with Crippen LogP contribution in [0.25, 0.3) is 0 Å². The molecular weight excluding hydrogens is 418 g/mol. The fourth-order valence-corrected chi connectivity index (χ4v) is 3.47. The Hall–Kier alpha value is -2.00. The normalized spacial score (nSPS) is 16.7. The molecule has 2 N–H and O–H groups in total. The second kappa shape index (κ2) is 8.13. The summed E-state index contributed by atoms with van der Waals surface area (Å²) in [7, 11) is 1.83. The van der Waals surface area contributed by atoms with E-state index >= 15 is 0 Å². The number of likely N-dealkylation sites (tertiary alicyclic amines) is 1. The summed E-state index contributed by atoms with van der Waals surface area (Å²) in [6, 6.07) is 6.77. The molecule has 1 aliphatic heterocycles. The van der Waals surface area contributed by atoms with Crippen LogP contribution in [0.3, 0.4) is 0 Å². The van der Waals surface area contributed by atoms with Crippen LogP contribution in [0.5, 0.6) is 0 Å². The fourth-order valence-electron chi connectivity index (χ4n) is 3.06. The summed E-state index contributed by atoms with van der Waals surface area (Å²) in [6.07, 6.45) is 2.08. The first-order valence-electron chi connectivity index (χ1n) is 8.42. The highest BCUT2D eigenvalue weighted by molar-refractivity contribution is 9.10. The molecule has 0 bridgehead atoms. The minimum atomic E-state index is -0.423. The summed E-state index contributed by atoms with van der Waals surface area (Å²) in [4.78, 5) is 26.9. The van der Waals surface area contributed by atoms with E-state index in [1.165, 1.54) is 0 Å². The van der Waals surface area contributed by atoms with Gasteiger partial charge in [-0.1, -0.05) is 15.9 Å². The molecule has 2 aromatic rings. The van der Waals surface area contributed by atoms with Crippen LogP contribution in [0.1, 0.15) is 29.0 Å². The number of nitrogens with one attached hydrogen (secondary N) is 2. The van der Waals surface area contributed by atoms with Crippen molar-refractivity contribution in [3.63, 3.8) is 0 Å². The van der Waals surface area contributed by atoms with E-state index in [9.17, 15) is 9.59 Å². The van der Waals surface area contributed by atoms with Crippen LogP contribution >= 0.6 is 28.1 Å². The van der Waals surface area contributed by atoms with Gasteiger partial charge in [-0.25, -0.2) is 0 Å². The number of nitrogens with zero attached hydrogens (tertiary/aromatic N) is 3. The van der Waals surface area contributed by atoms with Gasteiger partial charge < -0.3 is 14.8 Å². The van der Waals surface area contributed by atoms with Gasteiger partial charge in [0, 0.05) is 36.6 Å². The van der Waals surface area contributed by atoms with Crippen molar-refractivity contribution >= 4 is 40.0 Å². The zero-order valence-corrected chi connectivity index (χ0v) is 16.8. The molecule has 0 spiro atoms. The molecule has 1 aromatic carbocycles. The summed E-state index contributed by atoms with van der Waals surface area (Å²) in [5.41, 5.74) is 0.592. The number of hydrogen-bond acceptors (Lipinski definition) is 4. The van der Waals surface area contributed by atoms with E-state index in [0.717, 1.165) is 16.7 Å². The van der Waals surface area contributed by atoms with Crippen LogP contribution in [0.15, 0.2) is 28.7 Å². The highest BCUT2D eigenvalue weighted by atomic mass is 79.9. The topological polar surface area (TPSA) is 83.0 Å². The first-order chi connectivity index (χ1) is 12.5. The van der Waals surface area contributed by atoms with Crippen molar-refractivity contribution in [2.75, 3.05) is 13.1 Å². The van der Waals surface area contributed by atoms with Crippen molar-refractivity contribution in [1.29, 1.82) is 0 Å². The second-order valence-corrected chi connectivity index (χ2v) is 7.51. The molecule has 1 aliphatic rings. The largest absolute Gasteiger partial charge is 0.354 e. The Bertz CT molecular complexity index is 861. The Labute approximate surface area is 164 Å². The van der Waals surface area contributed by atoms with E-state index in [2.05, 4.69) is 31.4 Å². The van der Waals surface area contributed by atoms with E-state index < -0.39 is 6.04 Å². The van der Waals surface area contributed by atoms with Gasteiger partial charge in [0.15, 0.2) is 4.77 Å². The Morgan fingerprint density at radius 3 is 2.77 bits per heavy atom. The minimum Gasteiger partial charge on any atom is -0.354 e. The zero-order valence-electron chi connectivity index (χ0n) is 14.4. The van der Waals surface area contributed by atoms with Gasteiger partial charge >= 0.3 is 0 Å². The lowest BCUT2D eigenvalue weighted by Crippen LogP contribution is -2.46. The number of aromatic amines is 1. The van der Waals surface area contributed by atoms with Crippen molar-refractivity contribution in [3.8, 4) is 0 Å². The van der Waals surface area contributed by atoms with E-state index in [4.69, 9.17) is 12.2 Å². The van der Waals surface area contributed by atoms with E-state index in [0.29, 0.717) is 36.3 Å². The highest BCUT2D eigenvalue weighted by Crippen LogP contribution is 2.21. The first-order valence-corrected chi connectivity index (χ1v) is 9.62. The molecule has 0 saturated carbocycles. The van der Waals surface area contributed by atoms with E-state index in [-0.39, 0.29) is 11.8 Å². The number of amides is 2. The van der Waals surface area contributed by atoms with Crippen LogP contribution in [0.2, 0.25) is 0 Å². The van der Waals surface area contributed by atoms with Gasteiger partial charge in [-0.2, -0.15) is 5.10 Å². The first kappa shape index (κ1) is 18.8. The van der Waals surface area contributed by atoms with Gasteiger partial charge in [-0.3, -0.25) is 14.7 Å². The molecule has 2 amide bonds. The van der Waals surface area contributed by atoms with Crippen LogP contribution in [-0.4, -0.2) is 50.6 Å². The summed E-state index contributed by atoms with van der Waals surface area (Å²) >= 11 is 8.44. The van der Waals surface area contributed by atoms with Crippen molar-refractivity contribution < 1.29 is 9.59 Å². The summed E-state index contributed by atoms with van der Waals surface area (Å²) in [5, 5.41) is 9.76. The lowest BCUT2D eigenvalue weighted by molar-refractivity contribution is -0.124. The third kappa shape index (κ3) is 4.04. The predicted molar refractivity (Wildman–Crippen MR) is 103 cm³/mol. The summed E-state index contributed by atoms with van der Waals surface area (Å²) < 4.78 is 3.24. The van der Waals surface area contributed by atoms with E-state index in [1.54, 1.807) is 21.6 Å². The summed E-state index contributed by atoms with van der Waals surface area (Å²) in [6.45, 7) is 1.05. The molecule has 9 heteroatoms. The number of halogens is 1. The average molecular weight is 438 g/mol. The van der Waals surface area contributed by atoms with Crippen molar-refractivity contribution in [3.05, 3.63) is 44.9 Å².